The van der Waals surface area contributed by atoms with Crippen molar-refractivity contribution in [3.8, 4) is 5.75 Å². The Hall–Kier alpha value is -2.63. The number of carbonyl (C=O) groups is 1. The van der Waals surface area contributed by atoms with E-state index in [2.05, 4.69) is 10.2 Å². The highest BCUT2D eigenvalue weighted by Crippen LogP contribution is 2.20. The number of hydrogen-bond donors (Lipinski definition) is 1. The molecule has 0 atom stereocenters. The highest BCUT2D eigenvalue weighted by molar-refractivity contribution is 6.19. The van der Waals surface area contributed by atoms with Crippen LogP contribution in [0.15, 0.2) is 28.7 Å². The Balaban J connectivity index is 2.41. The molecule has 0 unspecified atom stereocenters. The second-order valence-electron chi connectivity index (χ2n) is 3.99. The predicted octanol–water partition coefficient (Wildman–Crippen LogP) is 2.27. The third-order valence-electron chi connectivity index (χ3n) is 2.63. The quantitative estimate of drug-likeness (QED) is 0.842. The topological polar surface area (TPSA) is 85.5 Å². The lowest BCUT2D eigenvalue weighted by molar-refractivity contribution is -0.130. The van der Waals surface area contributed by atoms with Gasteiger partial charge in [-0.15, -0.1) is 10.2 Å². The summed E-state index contributed by atoms with van der Waals surface area (Å²) < 4.78 is 10.4. The number of aliphatic carboxylic acids is 1. The average Bonchev–Trinajstić information content (AvgIpc) is 2.93. The van der Waals surface area contributed by atoms with E-state index in [1.165, 1.54) is 6.08 Å². The molecule has 2 rings (SSSR count). The molecule has 0 aliphatic rings. The number of aryl methyl sites for hydroxylation is 1. The van der Waals surface area contributed by atoms with Crippen LogP contribution in [0, 0.1) is 0 Å². The number of benzene rings is 1. The van der Waals surface area contributed by atoms with Crippen LogP contribution in [0.4, 0.5) is 0 Å². The zero-order chi connectivity index (χ0) is 14.5. The van der Waals surface area contributed by atoms with E-state index < -0.39 is 5.97 Å². The van der Waals surface area contributed by atoms with E-state index in [9.17, 15) is 9.90 Å². The summed E-state index contributed by atoms with van der Waals surface area (Å²) in [6.07, 6.45) is 2.02. The molecule has 0 radical (unpaired) electrons. The fourth-order valence-electron chi connectivity index (χ4n) is 1.62. The predicted molar refractivity (Wildman–Crippen MR) is 72.2 cm³/mol. The van der Waals surface area contributed by atoms with Gasteiger partial charge in [0, 0.05) is 6.42 Å². The van der Waals surface area contributed by atoms with Crippen molar-refractivity contribution in [1.29, 1.82) is 0 Å². The fraction of sp³-hybridized carbons (Fsp3) is 0.214. The van der Waals surface area contributed by atoms with E-state index in [1.54, 1.807) is 31.4 Å². The number of aromatic nitrogens is 2. The largest absolute Gasteiger partial charge is 0.497 e. The molecule has 0 fully saturated rings. The number of hydrogen-bond acceptors (Lipinski definition) is 5. The second-order valence-corrected chi connectivity index (χ2v) is 3.99. The maximum absolute atomic E-state index is 11.3. The Bertz CT molecular complexity index is 646. The molecule has 0 aliphatic carbocycles. The molecule has 1 aromatic carbocycles. The van der Waals surface area contributed by atoms with Gasteiger partial charge < -0.3 is 14.3 Å². The van der Waals surface area contributed by atoms with Gasteiger partial charge in [0.25, 0.3) is 5.89 Å². The van der Waals surface area contributed by atoms with Crippen molar-refractivity contribution >= 4 is 17.6 Å². The first-order chi connectivity index (χ1) is 9.63. The molecule has 104 valence electrons. The van der Waals surface area contributed by atoms with E-state index in [0.29, 0.717) is 23.6 Å². The van der Waals surface area contributed by atoms with E-state index in [-0.39, 0.29) is 11.5 Å². The minimum absolute atomic E-state index is 0.00262. The molecule has 0 spiro atoms. The zero-order valence-corrected chi connectivity index (χ0v) is 11.2. The van der Waals surface area contributed by atoms with Crippen molar-refractivity contribution in [2.75, 3.05) is 7.11 Å². The van der Waals surface area contributed by atoms with Crippen LogP contribution in [0.25, 0.3) is 11.6 Å². The number of carboxylic acid groups (broad SMARTS) is 1. The first-order valence-corrected chi connectivity index (χ1v) is 6.05. The van der Waals surface area contributed by atoms with Crippen molar-refractivity contribution in [1.82, 2.24) is 10.2 Å². The van der Waals surface area contributed by atoms with Crippen molar-refractivity contribution in [3.05, 3.63) is 41.6 Å². The Kier molecular flexibility index (Phi) is 4.14. The summed E-state index contributed by atoms with van der Waals surface area (Å²) in [5.74, 6) is -0.0858. The van der Waals surface area contributed by atoms with Crippen molar-refractivity contribution in [3.63, 3.8) is 0 Å². The van der Waals surface area contributed by atoms with E-state index >= 15 is 0 Å². The van der Waals surface area contributed by atoms with Gasteiger partial charge in [-0.1, -0.05) is 19.1 Å². The maximum Gasteiger partial charge on any atom is 0.341 e. The van der Waals surface area contributed by atoms with Gasteiger partial charge in [0.1, 0.15) is 11.3 Å². The molecule has 0 saturated heterocycles. The molecule has 1 aromatic heterocycles. The van der Waals surface area contributed by atoms with E-state index in [0.717, 1.165) is 0 Å². The smallest absolute Gasteiger partial charge is 0.341 e. The van der Waals surface area contributed by atoms with Gasteiger partial charge in [-0.3, -0.25) is 0 Å². The van der Waals surface area contributed by atoms with Gasteiger partial charge in [-0.25, -0.2) is 4.79 Å². The molecule has 1 N–H and O–H groups in total. The van der Waals surface area contributed by atoms with Gasteiger partial charge in [-0.05, 0) is 23.8 Å². The lowest BCUT2D eigenvalue weighted by Gasteiger charge is -2.01. The molecular weight excluding hydrogens is 260 g/mol. The summed E-state index contributed by atoms with van der Waals surface area (Å²) in [7, 11) is 1.55. The summed E-state index contributed by atoms with van der Waals surface area (Å²) in [6, 6.07) is 7.04. The van der Waals surface area contributed by atoms with Crippen LogP contribution in [-0.2, 0) is 11.2 Å². The van der Waals surface area contributed by atoms with E-state index in [1.807, 2.05) is 6.92 Å². The van der Waals surface area contributed by atoms with Gasteiger partial charge in [0.2, 0.25) is 5.89 Å². The van der Waals surface area contributed by atoms with Crippen LogP contribution >= 0.6 is 0 Å². The third kappa shape index (κ3) is 3.03. The monoisotopic (exact) mass is 274 g/mol. The molecule has 0 saturated carbocycles. The molecule has 6 heteroatoms. The number of ether oxygens (including phenoxy) is 1. The van der Waals surface area contributed by atoms with Crippen LogP contribution in [0.3, 0.4) is 0 Å². The SMILES string of the molecule is CCc1nnc(/C(=C/c2cccc(OC)c2)C(=O)O)o1. The molecule has 2 aromatic rings. The van der Waals surface area contributed by atoms with Crippen molar-refractivity contribution in [2.45, 2.75) is 13.3 Å². The lowest BCUT2D eigenvalue weighted by Crippen LogP contribution is -2.00. The Morgan fingerprint density at radius 1 is 1.45 bits per heavy atom. The van der Waals surface area contributed by atoms with E-state index in [4.69, 9.17) is 9.15 Å². The number of rotatable bonds is 5. The number of carboxylic acids is 1. The summed E-state index contributed by atoms with van der Waals surface area (Å²) >= 11 is 0. The standard InChI is InChI=1S/C14H14N2O4/c1-3-12-15-16-13(20-12)11(14(17)18)8-9-5-4-6-10(7-9)19-2/h4-8H,3H2,1-2H3,(H,17,18)/b11-8-. The highest BCUT2D eigenvalue weighted by Gasteiger charge is 2.17. The van der Waals surface area contributed by atoms with Gasteiger partial charge in [0.15, 0.2) is 0 Å². The lowest BCUT2D eigenvalue weighted by atomic mass is 10.1. The Labute approximate surface area is 115 Å². The van der Waals surface area contributed by atoms with Crippen LogP contribution in [-0.4, -0.2) is 28.4 Å². The first kappa shape index (κ1) is 13.8. The van der Waals surface area contributed by atoms with Gasteiger partial charge >= 0.3 is 5.97 Å². The number of nitrogens with zero attached hydrogens (tertiary/aromatic N) is 2. The molecule has 0 amide bonds. The normalized spacial score (nSPS) is 11.4. The second kappa shape index (κ2) is 6.01. The average molecular weight is 274 g/mol. The summed E-state index contributed by atoms with van der Waals surface area (Å²) in [5.41, 5.74) is 0.628. The molecule has 0 aliphatic heterocycles. The van der Waals surface area contributed by atoms with Crippen LogP contribution < -0.4 is 4.74 Å². The molecular formula is C14H14N2O4. The fourth-order valence-corrected chi connectivity index (χ4v) is 1.62. The molecule has 6 nitrogen and oxygen atoms in total. The van der Waals surface area contributed by atoms with Crippen LogP contribution in [0.1, 0.15) is 24.3 Å². The van der Waals surface area contributed by atoms with Crippen molar-refractivity contribution in [2.24, 2.45) is 0 Å². The first-order valence-electron chi connectivity index (χ1n) is 6.05. The summed E-state index contributed by atoms with van der Waals surface area (Å²) in [4.78, 5) is 11.3. The Morgan fingerprint density at radius 3 is 2.85 bits per heavy atom. The van der Waals surface area contributed by atoms with Gasteiger partial charge in [0.05, 0.1) is 7.11 Å². The zero-order valence-electron chi connectivity index (χ0n) is 11.2. The summed E-state index contributed by atoms with van der Waals surface area (Å²) in [6.45, 7) is 1.85. The molecule has 1 heterocycles. The number of methoxy groups -OCH3 is 1. The minimum Gasteiger partial charge on any atom is -0.497 e. The van der Waals surface area contributed by atoms with Crippen LogP contribution in [0.5, 0.6) is 5.75 Å². The highest BCUT2D eigenvalue weighted by atomic mass is 16.5. The summed E-state index contributed by atoms with van der Waals surface area (Å²) in [5, 5.41) is 16.8. The molecule has 20 heavy (non-hydrogen) atoms. The van der Waals surface area contributed by atoms with Gasteiger partial charge in [-0.2, -0.15) is 0 Å². The molecule has 0 bridgehead atoms. The third-order valence-corrected chi connectivity index (χ3v) is 2.63. The minimum atomic E-state index is -1.13. The Morgan fingerprint density at radius 2 is 2.25 bits per heavy atom. The maximum atomic E-state index is 11.3. The van der Waals surface area contributed by atoms with Crippen molar-refractivity contribution < 1.29 is 19.1 Å². The van der Waals surface area contributed by atoms with Crippen LogP contribution in [0.2, 0.25) is 0 Å².